The van der Waals surface area contributed by atoms with Gasteiger partial charge in [-0.3, -0.25) is 4.79 Å². The van der Waals surface area contributed by atoms with Crippen molar-refractivity contribution in [3.05, 3.63) is 72.3 Å². The van der Waals surface area contributed by atoms with Gasteiger partial charge in [-0.2, -0.15) is 4.31 Å². The number of para-hydroxylation sites is 1. The molecular weight excluding hydrogens is 374 g/mol. The summed E-state index contributed by atoms with van der Waals surface area (Å²) in [4.78, 5) is 12.8. The molecule has 28 heavy (non-hydrogen) atoms. The summed E-state index contributed by atoms with van der Waals surface area (Å²) in [5.74, 6) is 0.551. The van der Waals surface area contributed by atoms with Gasteiger partial charge in [-0.05, 0) is 35.0 Å². The van der Waals surface area contributed by atoms with Crippen LogP contribution in [0.15, 0.2) is 71.6 Å². The fourth-order valence-electron chi connectivity index (χ4n) is 4.16. The number of hydrogen-bond acceptors (Lipinski definition) is 4. The zero-order chi connectivity index (χ0) is 19.4. The number of carbonyl (C=O) groups excluding carboxylic acids is 1. The van der Waals surface area contributed by atoms with Crippen molar-refractivity contribution in [3.8, 4) is 5.75 Å². The van der Waals surface area contributed by atoms with E-state index in [4.69, 9.17) is 4.74 Å². The molecule has 0 aromatic heterocycles. The highest BCUT2D eigenvalue weighted by molar-refractivity contribution is 7.89. The minimum atomic E-state index is -3.66. The third kappa shape index (κ3) is 2.72. The van der Waals surface area contributed by atoms with Crippen LogP contribution < -0.4 is 4.74 Å². The maximum absolute atomic E-state index is 13.2. The highest BCUT2D eigenvalue weighted by Gasteiger charge is 2.48. The van der Waals surface area contributed by atoms with Crippen molar-refractivity contribution in [2.45, 2.75) is 23.3 Å². The third-order valence-electron chi connectivity index (χ3n) is 5.64. The molecule has 0 aliphatic carbocycles. The molecule has 0 radical (unpaired) electrons. The van der Waals surface area contributed by atoms with Crippen molar-refractivity contribution in [2.24, 2.45) is 0 Å². The average Bonchev–Trinajstić information content (AvgIpc) is 3.11. The van der Waals surface area contributed by atoms with E-state index in [2.05, 4.69) is 0 Å². The summed E-state index contributed by atoms with van der Waals surface area (Å²) in [6, 6.07) is 20.0. The summed E-state index contributed by atoms with van der Waals surface area (Å²) >= 11 is 0. The van der Waals surface area contributed by atoms with E-state index < -0.39 is 15.6 Å². The van der Waals surface area contributed by atoms with Crippen LogP contribution in [0.2, 0.25) is 0 Å². The largest absolute Gasteiger partial charge is 0.485 e. The Hall–Kier alpha value is -2.70. The lowest BCUT2D eigenvalue weighted by Crippen LogP contribution is -2.45. The number of sulfonamides is 1. The Bertz CT molecular complexity index is 1200. The van der Waals surface area contributed by atoms with Gasteiger partial charge in [0.05, 0.1) is 23.4 Å². The zero-order valence-electron chi connectivity index (χ0n) is 15.2. The molecule has 6 heteroatoms. The van der Waals surface area contributed by atoms with E-state index in [0.717, 1.165) is 10.8 Å². The molecule has 3 aromatic carbocycles. The Kier molecular flexibility index (Phi) is 3.82. The number of Topliss-reactive ketones (excluding diaryl/α,β-unsaturated/α-hetero) is 1. The van der Waals surface area contributed by atoms with E-state index in [0.29, 0.717) is 24.3 Å². The van der Waals surface area contributed by atoms with Crippen LogP contribution in [0, 0.1) is 0 Å². The molecule has 3 aromatic rings. The van der Waals surface area contributed by atoms with E-state index in [1.807, 2.05) is 42.5 Å². The van der Waals surface area contributed by atoms with Gasteiger partial charge in [0.15, 0.2) is 5.78 Å². The molecule has 2 heterocycles. The monoisotopic (exact) mass is 393 g/mol. The molecular formula is C22H19NO4S. The van der Waals surface area contributed by atoms with Gasteiger partial charge < -0.3 is 4.74 Å². The number of ether oxygens (including phenoxy) is 1. The molecule has 1 saturated heterocycles. The maximum atomic E-state index is 13.2. The predicted molar refractivity (Wildman–Crippen MR) is 106 cm³/mol. The van der Waals surface area contributed by atoms with Crippen LogP contribution in [0.25, 0.3) is 10.8 Å². The fourth-order valence-corrected chi connectivity index (χ4v) is 5.71. The first-order valence-corrected chi connectivity index (χ1v) is 10.7. The van der Waals surface area contributed by atoms with Crippen LogP contribution in [0.1, 0.15) is 23.2 Å². The first-order chi connectivity index (χ1) is 13.5. The van der Waals surface area contributed by atoms with Crippen molar-refractivity contribution in [2.75, 3.05) is 13.1 Å². The topological polar surface area (TPSA) is 63.7 Å². The Morgan fingerprint density at radius 2 is 1.68 bits per heavy atom. The van der Waals surface area contributed by atoms with Gasteiger partial charge in [0.2, 0.25) is 10.0 Å². The maximum Gasteiger partial charge on any atom is 0.243 e. The molecule has 0 bridgehead atoms. The summed E-state index contributed by atoms with van der Waals surface area (Å²) in [6.07, 6.45) is 0.702. The third-order valence-corrected chi connectivity index (χ3v) is 7.48. The van der Waals surface area contributed by atoms with Crippen molar-refractivity contribution in [3.63, 3.8) is 0 Å². The number of ketones is 1. The zero-order valence-corrected chi connectivity index (χ0v) is 16.0. The summed E-state index contributed by atoms with van der Waals surface area (Å²) in [7, 11) is -3.66. The molecule has 0 saturated carbocycles. The first-order valence-electron chi connectivity index (χ1n) is 9.27. The van der Waals surface area contributed by atoms with Crippen molar-refractivity contribution >= 4 is 26.6 Å². The molecule has 1 fully saturated rings. The molecule has 5 rings (SSSR count). The minimum Gasteiger partial charge on any atom is -0.485 e. The van der Waals surface area contributed by atoms with Crippen LogP contribution in [0.3, 0.4) is 0 Å². The second kappa shape index (κ2) is 6.15. The normalized spacial score (nSPS) is 22.4. The van der Waals surface area contributed by atoms with Crippen LogP contribution in [0.5, 0.6) is 5.75 Å². The van der Waals surface area contributed by atoms with Crippen molar-refractivity contribution in [1.29, 1.82) is 0 Å². The van der Waals surface area contributed by atoms with E-state index in [1.54, 1.807) is 24.3 Å². The van der Waals surface area contributed by atoms with E-state index in [1.165, 1.54) is 4.31 Å². The SMILES string of the molecule is O=C1CC2(CCN(S(=O)(=O)c3ccc4ccccc4c3)C2)Oc2ccccc21. The van der Waals surface area contributed by atoms with E-state index in [9.17, 15) is 13.2 Å². The Morgan fingerprint density at radius 1 is 0.929 bits per heavy atom. The molecule has 0 amide bonds. The molecule has 1 atom stereocenters. The molecule has 1 unspecified atom stereocenters. The molecule has 0 N–H and O–H groups in total. The molecule has 2 aliphatic heterocycles. The second-order valence-corrected chi connectivity index (χ2v) is 9.42. The van der Waals surface area contributed by atoms with Crippen molar-refractivity contribution in [1.82, 2.24) is 4.31 Å². The average molecular weight is 393 g/mol. The van der Waals surface area contributed by atoms with E-state index in [-0.39, 0.29) is 23.6 Å². The van der Waals surface area contributed by atoms with Crippen LogP contribution >= 0.6 is 0 Å². The summed E-state index contributed by atoms with van der Waals surface area (Å²) in [5.41, 5.74) is -0.209. The van der Waals surface area contributed by atoms with Crippen LogP contribution in [0.4, 0.5) is 0 Å². The van der Waals surface area contributed by atoms with Gasteiger partial charge in [-0.1, -0.05) is 42.5 Å². The number of nitrogens with zero attached hydrogens (tertiary/aromatic N) is 1. The first kappa shape index (κ1) is 17.4. The van der Waals surface area contributed by atoms with Gasteiger partial charge in [-0.15, -0.1) is 0 Å². The summed E-state index contributed by atoms with van der Waals surface area (Å²) in [5, 5.41) is 1.88. The lowest BCUT2D eigenvalue weighted by Gasteiger charge is -2.34. The Labute approximate surface area is 163 Å². The molecule has 2 aliphatic rings. The number of rotatable bonds is 2. The molecule has 142 valence electrons. The highest BCUT2D eigenvalue weighted by Crippen LogP contribution is 2.40. The molecule has 5 nitrogen and oxygen atoms in total. The Balaban J connectivity index is 1.46. The Morgan fingerprint density at radius 3 is 2.54 bits per heavy atom. The van der Waals surface area contributed by atoms with Crippen LogP contribution in [-0.2, 0) is 10.0 Å². The van der Waals surface area contributed by atoms with Gasteiger partial charge >= 0.3 is 0 Å². The minimum absolute atomic E-state index is 0.00630. The summed E-state index contributed by atoms with van der Waals surface area (Å²) in [6.45, 7) is 0.521. The van der Waals surface area contributed by atoms with Gasteiger partial charge in [-0.25, -0.2) is 8.42 Å². The van der Waals surface area contributed by atoms with E-state index >= 15 is 0 Å². The van der Waals surface area contributed by atoms with Crippen molar-refractivity contribution < 1.29 is 17.9 Å². The quantitative estimate of drug-likeness (QED) is 0.667. The lowest BCUT2D eigenvalue weighted by atomic mass is 9.89. The van der Waals surface area contributed by atoms with Gasteiger partial charge in [0.1, 0.15) is 11.4 Å². The number of carbonyl (C=O) groups is 1. The van der Waals surface area contributed by atoms with Crippen LogP contribution in [-0.4, -0.2) is 37.2 Å². The number of benzene rings is 3. The number of fused-ring (bicyclic) bond motifs is 2. The summed E-state index contributed by atoms with van der Waals surface area (Å²) < 4.78 is 34.0. The predicted octanol–water partition coefficient (Wildman–Crippen LogP) is 3.64. The lowest BCUT2D eigenvalue weighted by molar-refractivity contribution is 0.0498. The standard InChI is InChI=1S/C22H19NO4S/c24-20-14-22(27-21-8-4-3-7-19(20)21)11-12-23(15-22)28(25,26)18-10-9-16-5-1-2-6-17(16)13-18/h1-10,13H,11-12,14-15H2. The molecule has 1 spiro atoms. The smallest absolute Gasteiger partial charge is 0.243 e. The highest BCUT2D eigenvalue weighted by atomic mass is 32.2. The van der Waals surface area contributed by atoms with Gasteiger partial charge in [0.25, 0.3) is 0 Å². The van der Waals surface area contributed by atoms with Gasteiger partial charge in [0, 0.05) is 13.0 Å². The number of hydrogen-bond donors (Lipinski definition) is 0. The fraction of sp³-hybridized carbons (Fsp3) is 0.227. The second-order valence-electron chi connectivity index (χ2n) is 7.48.